The average Bonchev–Trinajstić information content (AvgIpc) is 2.31. The molecule has 100 valence electrons. The third kappa shape index (κ3) is 3.66. The van der Waals surface area contributed by atoms with Crippen molar-refractivity contribution in [1.29, 1.82) is 0 Å². The highest BCUT2D eigenvalue weighted by Crippen LogP contribution is 2.20. The Morgan fingerprint density at radius 1 is 1.11 bits per heavy atom. The van der Waals surface area contributed by atoms with Gasteiger partial charge < -0.3 is 5.73 Å². The van der Waals surface area contributed by atoms with Crippen LogP contribution in [0.1, 0.15) is 5.56 Å². The number of benzene rings is 2. The van der Waals surface area contributed by atoms with Crippen molar-refractivity contribution in [3.63, 3.8) is 0 Å². The van der Waals surface area contributed by atoms with Gasteiger partial charge in [-0.05, 0) is 58.5 Å². The first-order valence-corrected chi connectivity index (χ1v) is 8.13. The second-order valence-electron chi connectivity index (χ2n) is 4.11. The number of sulfone groups is 1. The molecule has 0 aliphatic rings. The third-order valence-electron chi connectivity index (χ3n) is 2.52. The van der Waals surface area contributed by atoms with Crippen LogP contribution in [-0.4, -0.2) is 8.42 Å². The van der Waals surface area contributed by atoms with Crippen LogP contribution >= 0.6 is 22.6 Å². The molecule has 3 nitrogen and oxygen atoms in total. The van der Waals surface area contributed by atoms with Gasteiger partial charge in [-0.2, -0.15) is 0 Å². The smallest absolute Gasteiger partial charge is 0.182 e. The first-order valence-electron chi connectivity index (χ1n) is 5.40. The second kappa shape index (κ2) is 5.46. The van der Waals surface area contributed by atoms with E-state index in [1.54, 1.807) is 12.1 Å². The van der Waals surface area contributed by atoms with Crippen LogP contribution in [0.3, 0.4) is 0 Å². The molecule has 2 N–H and O–H groups in total. The molecule has 0 unspecified atom stereocenters. The molecule has 0 aliphatic heterocycles. The number of nitrogen functional groups attached to an aromatic ring is 1. The van der Waals surface area contributed by atoms with Gasteiger partial charge >= 0.3 is 0 Å². The van der Waals surface area contributed by atoms with Gasteiger partial charge in [0.15, 0.2) is 9.84 Å². The summed E-state index contributed by atoms with van der Waals surface area (Å²) in [5.41, 5.74) is 6.22. The topological polar surface area (TPSA) is 60.2 Å². The largest absolute Gasteiger partial charge is 0.399 e. The van der Waals surface area contributed by atoms with Crippen molar-refractivity contribution in [2.75, 3.05) is 5.73 Å². The Hall–Kier alpha value is -1.15. The van der Waals surface area contributed by atoms with Gasteiger partial charge in [-0.1, -0.05) is 12.1 Å². The monoisotopic (exact) mass is 391 g/mol. The molecule has 6 heteroatoms. The summed E-state index contributed by atoms with van der Waals surface area (Å²) in [4.78, 5) is -0.0939. The number of hydrogen-bond donors (Lipinski definition) is 1. The zero-order valence-electron chi connectivity index (χ0n) is 9.81. The maximum Gasteiger partial charge on any atom is 0.182 e. The summed E-state index contributed by atoms with van der Waals surface area (Å²) < 4.78 is 38.6. The molecule has 2 rings (SSSR count). The fourth-order valence-electron chi connectivity index (χ4n) is 1.65. The van der Waals surface area contributed by atoms with E-state index in [0.29, 0.717) is 5.56 Å². The van der Waals surface area contributed by atoms with Crippen LogP contribution in [0.15, 0.2) is 47.4 Å². The lowest BCUT2D eigenvalue weighted by Gasteiger charge is -2.06. The van der Waals surface area contributed by atoms with Crippen LogP contribution < -0.4 is 5.73 Å². The minimum absolute atomic E-state index is 0.0939. The molecule has 0 atom stereocenters. The van der Waals surface area contributed by atoms with Crippen LogP contribution in [-0.2, 0) is 15.6 Å². The van der Waals surface area contributed by atoms with Gasteiger partial charge in [-0.15, -0.1) is 0 Å². The molecule has 0 amide bonds. The Morgan fingerprint density at radius 2 is 1.74 bits per heavy atom. The highest BCUT2D eigenvalue weighted by Gasteiger charge is 2.16. The molecule has 0 saturated heterocycles. The molecule has 19 heavy (non-hydrogen) atoms. The zero-order chi connectivity index (χ0) is 14.0. The Bertz CT molecular complexity index is 679. The Kier molecular flexibility index (Phi) is 4.10. The Labute approximate surface area is 124 Å². The number of rotatable bonds is 3. The molecule has 2 aromatic rings. The van der Waals surface area contributed by atoms with Crippen LogP contribution in [0.5, 0.6) is 0 Å². The van der Waals surface area contributed by atoms with Gasteiger partial charge in [0.1, 0.15) is 5.82 Å². The van der Waals surface area contributed by atoms with Crippen molar-refractivity contribution in [3.05, 3.63) is 57.4 Å². The van der Waals surface area contributed by atoms with Crippen molar-refractivity contribution in [3.8, 4) is 0 Å². The van der Waals surface area contributed by atoms with Gasteiger partial charge in [0.2, 0.25) is 0 Å². The fourth-order valence-corrected chi connectivity index (χ4v) is 3.41. The van der Waals surface area contributed by atoms with E-state index < -0.39 is 15.7 Å². The first-order chi connectivity index (χ1) is 8.87. The predicted molar refractivity (Wildman–Crippen MR) is 80.9 cm³/mol. The summed E-state index contributed by atoms with van der Waals surface area (Å²) in [6.07, 6.45) is 0. The van der Waals surface area contributed by atoms with E-state index in [1.165, 1.54) is 6.07 Å². The maximum atomic E-state index is 13.2. The first kappa shape index (κ1) is 14.3. The van der Waals surface area contributed by atoms with E-state index in [2.05, 4.69) is 22.6 Å². The van der Waals surface area contributed by atoms with Crippen molar-refractivity contribution in [2.24, 2.45) is 0 Å². The number of hydrogen-bond acceptors (Lipinski definition) is 3. The van der Waals surface area contributed by atoms with Crippen LogP contribution in [0.2, 0.25) is 0 Å². The average molecular weight is 391 g/mol. The van der Waals surface area contributed by atoms with Crippen LogP contribution in [0, 0.1) is 9.39 Å². The lowest BCUT2D eigenvalue weighted by molar-refractivity contribution is 0.590. The fraction of sp³-hybridized carbons (Fsp3) is 0.0769. The SMILES string of the molecule is Nc1cc(F)cc(S(=O)(=O)Cc2ccc(I)cc2)c1. The third-order valence-corrected chi connectivity index (χ3v) is 4.91. The molecule has 0 spiro atoms. The minimum atomic E-state index is -3.59. The molecule has 0 aliphatic carbocycles. The van der Waals surface area contributed by atoms with E-state index in [4.69, 9.17) is 5.73 Å². The van der Waals surface area contributed by atoms with E-state index in [1.807, 2.05) is 12.1 Å². The molecule has 0 saturated carbocycles. The van der Waals surface area contributed by atoms with Gasteiger partial charge in [0.25, 0.3) is 0 Å². The van der Waals surface area contributed by atoms with E-state index in [-0.39, 0.29) is 16.3 Å². The molecule has 0 aromatic heterocycles. The molecule has 2 aromatic carbocycles. The summed E-state index contributed by atoms with van der Waals surface area (Å²) in [7, 11) is -3.59. The van der Waals surface area contributed by atoms with Crippen molar-refractivity contribution >= 4 is 38.1 Å². The van der Waals surface area contributed by atoms with E-state index >= 15 is 0 Å². The van der Waals surface area contributed by atoms with Gasteiger partial charge in [-0.3, -0.25) is 0 Å². The Morgan fingerprint density at radius 3 is 2.32 bits per heavy atom. The summed E-state index contributed by atoms with van der Waals surface area (Å²) >= 11 is 2.14. The van der Waals surface area contributed by atoms with Gasteiger partial charge in [-0.25, -0.2) is 12.8 Å². The number of halogens is 2. The lowest BCUT2D eigenvalue weighted by Crippen LogP contribution is -2.06. The van der Waals surface area contributed by atoms with Crippen LogP contribution in [0.25, 0.3) is 0 Å². The quantitative estimate of drug-likeness (QED) is 0.647. The molecule has 0 fully saturated rings. The predicted octanol–water partition coefficient (Wildman–Crippen LogP) is 2.99. The Balaban J connectivity index is 2.34. The van der Waals surface area contributed by atoms with E-state index in [9.17, 15) is 12.8 Å². The van der Waals surface area contributed by atoms with E-state index in [0.717, 1.165) is 15.7 Å². The summed E-state index contributed by atoms with van der Waals surface area (Å²) in [6.45, 7) is 0. The molecule has 0 bridgehead atoms. The normalized spacial score (nSPS) is 11.5. The highest BCUT2D eigenvalue weighted by atomic mass is 127. The standard InChI is InChI=1S/C13H11FINO2S/c14-10-5-12(16)7-13(6-10)19(17,18)8-9-1-3-11(15)4-2-9/h1-7H,8,16H2. The van der Waals surface area contributed by atoms with Gasteiger partial charge in [0.05, 0.1) is 10.6 Å². The number of nitrogens with two attached hydrogens (primary N) is 1. The second-order valence-corrected chi connectivity index (χ2v) is 7.34. The van der Waals surface area contributed by atoms with Crippen molar-refractivity contribution in [2.45, 2.75) is 10.6 Å². The van der Waals surface area contributed by atoms with Crippen molar-refractivity contribution < 1.29 is 12.8 Å². The maximum absolute atomic E-state index is 13.2. The number of anilines is 1. The summed E-state index contributed by atoms with van der Waals surface area (Å²) in [5, 5.41) is 0. The molecule has 0 radical (unpaired) electrons. The lowest BCUT2D eigenvalue weighted by atomic mass is 10.2. The van der Waals surface area contributed by atoms with Crippen molar-refractivity contribution in [1.82, 2.24) is 0 Å². The molecule has 0 heterocycles. The summed E-state index contributed by atoms with van der Waals surface area (Å²) in [6, 6.07) is 10.5. The van der Waals surface area contributed by atoms with Crippen LogP contribution in [0.4, 0.5) is 10.1 Å². The molecular weight excluding hydrogens is 380 g/mol. The minimum Gasteiger partial charge on any atom is -0.399 e. The highest BCUT2D eigenvalue weighted by molar-refractivity contribution is 14.1. The zero-order valence-corrected chi connectivity index (χ0v) is 12.8. The summed E-state index contributed by atoms with van der Waals surface area (Å²) in [5.74, 6) is -0.825. The molecular formula is C13H11FINO2S. The van der Waals surface area contributed by atoms with Gasteiger partial charge in [0, 0.05) is 9.26 Å².